The molecule has 2 aliphatic rings. The Bertz CT molecular complexity index is 384. The van der Waals surface area contributed by atoms with E-state index in [2.05, 4.69) is 0 Å². The second kappa shape index (κ2) is 2.57. The summed E-state index contributed by atoms with van der Waals surface area (Å²) in [5.74, 6) is 0.234. The standard InChI is InChI=1S/C12H13FO/c13-10-3-4-11-8(7-10)5-6-12(11,14)9-1-2-9/h3-4,7,9,14H,1-2,5-6H2. The van der Waals surface area contributed by atoms with E-state index >= 15 is 0 Å². The number of aryl methyl sites for hydroxylation is 1. The van der Waals surface area contributed by atoms with E-state index in [0.717, 1.165) is 36.8 Å². The van der Waals surface area contributed by atoms with E-state index in [-0.39, 0.29) is 5.82 Å². The molecule has 0 bridgehead atoms. The Hall–Kier alpha value is -0.890. The molecular formula is C12H13FO. The second-order valence-electron chi connectivity index (χ2n) is 4.50. The summed E-state index contributed by atoms with van der Waals surface area (Å²) in [5.41, 5.74) is 1.34. The molecule has 2 heteroatoms. The number of aliphatic hydroxyl groups is 1. The fourth-order valence-electron chi connectivity index (χ4n) is 2.64. The maximum absolute atomic E-state index is 12.9. The number of hydrogen-bond donors (Lipinski definition) is 1. The molecule has 0 amide bonds. The summed E-state index contributed by atoms with van der Waals surface area (Å²) in [6, 6.07) is 4.78. The third kappa shape index (κ3) is 1.04. The van der Waals surface area contributed by atoms with Crippen LogP contribution in [0.15, 0.2) is 18.2 Å². The van der Waals surface area contributed by atoms with Gasteiger partial charge in [0.15, 0.2) is 0 Å². The number of benzene rings is 1. The van der Waals surface area contributed by atoms with Crippen molar-refractivity contribution in [2.24, 2.45) is 5.92 Å². The Morgan fingerprint density at radius 1 is 1.36 bits per heavy atom. The molecule has 74 valence electrons. The molecule has 1 atom stereocenters. The zero-order valence-corrected chi connectivity index (χ0v) is 7.96. The third-order valence-electron chi connectivity index (χ3n) is 3.56. The van der Waals surface area contributed by atoms with E-state index in [1.54, 1.807) is 12.1 Å². The monoisotopic (exact) mass is 192 g/mol. The Morgan fingerprint density at radius 3 is 2.86 bits per heavy atom. The van der Waals surface area contributed by atoms with Crippen molar-refractivity contribution in [3.05, 3.63) is 35.1 Å². The lowest BCUT2D eigenvalue weighted by Crippen LogP contribution is -2.24. The fourth-order valence-corrected chi connectivity index (χ4v) is 2.64. The van der Waals surface area contributed by atoms with Gasteiger partial charge in [0.1, 0.15) is 5.82 Å². The van der Waals surface area contributed by atoms with E-state index in [9.17, 15) is 9.50 Å². The zero-order valence-electron chi connectivity index (χ0n) is 7.96. The normalized spacial score (nSPS) is 30.4. The fraction of sp³-hybridized carbons (Fsp3) is 0.500. The van der Waals surface area contributed by atoms with E-state index < -0.39 is 5.60 Å². The van der Waals surface area contributed by atoms with Crippen molar-refractivity contribution in [1.29, 1.82) is 0 Å². The maximum atomic E-state index is 12.9. The van der Waals surface area contributed by atoms with Crippen LogP contribution in [-0.2, 0) is 12.0 Å². The van der Waals surface area contributed by atoms with Gasteiger partial charge in [-0.1, -0.05) is 6.07 Å². The van der Waals surface area contributed by atoms with Gasteiger partial charge in [-0.05, 0) is 54.9 Å². The Labute approximate surface area is 82.6 Å². The van der Waals surface area contributed by atoms with Crippen molar-refractivity contribution in [2.75, 3.05) is 0 Å². The molecule has 0 aliphatic heterocycles. The average molecular weight is 192 g/mol. The van der Waals surface area contributed by atoms with Gasteiger partial charge in [-0.25, -0.2) is 4.39 Å². The lowest BCUT2D eigenvalue weighted by Gasteiger charge is -2.23. The first-order valence-electron chi connectivity index (χ1n) is 5.21. The van der Waals surface area contributed by atoms with Crippen molar-refractivity contribution in [3.8, 4) is 0 Å². The Balaban J connectivity index is 2.09. The highest BCUT2D eigenvalue weighted by Gasteiger charge is 2.48. The minimum absolute atomic E-state index is 0.191. The van der Waals surface area contributed by atoms with Gasteiger partial charge in [0.2, 0.25) is 0 Å². The predicted molar refractivity (Wildman–Crippen MR) is 51.3 cm³/mol. The zero-order chi connectivity index (χ0) is 9.76. The summed E-state index contributed by atoms with van der Waals surface area (Å²) in [6.45, 7) is 0. The smallest absolute Gasteiger partial charge is 0.123 e. The minimum Gasteiger partial charge on any atom is -0.385 e. The molecule has 2 aliphatic carbocycles. The van der Waals surface area contributed by atoms with E-state index in [1.807, 2.05) is 0 Å². The lowest BCUT2D eigenvalue weighted by molar-refractivity contribution is 0.0149. The molecule has 0 heterocycles. The SMILES string of the molecule is OC1(C2CC2)CCc2cc(F)ccc21. The largest absolute Gasteiger partial charge is 0.385 e. The Morgan fingerprint density at radius 2 is 2.14 bits per heavy atom. The molecule has 1 fully saturated rings. The number of hydrogen-bond acceptors (Lipinski definition) is 1. The van der Waals surface area contributed by atoms with Crippen LogP contribution in [0.5, 0.6) is 0 Å². The van der Waals surface area contributed by atoms with E-state index in [4.69, 9.17) is 0 Å². The van der Waals surface area contributed by atoms with Crippen LogP contribution in [0.4, 0.5) is 4.39 Å². The second-order valence-corrected chi connectivity index (χ2v) is 4.50. The van der Waals surface area contributed by atoms with Gasteiger partial charge in [-0.3, -0.25) is 0 Å². The summed E-state index contributed by atoms with van der Waals surface area (Å²) in [5, 5.41) is 10.5. The first-order valence-corrected chi connectivity index (χ1v) is 5.21. The molecule has 0 spiro atoms. The number of halogens is 1. The van der Waals surface area contributed by atoms with Crippen LogP contribution >= 0.6 is 0 Å². The molecule has 3 rings (SSSR count). The topological polar surface area (TPSA) is 20.2 Å². The molecule has 1 N–H and O–H groups in total. The van der Waals surface area contributed by atoms with Crippen LogP contribution in [-0.4, -0.2) is 5.11 Å². The van der Waals surface area contributed by atoms with Gasteiger partial charge in [-0.2, -0.15) is 0 Å². The number of rotatable bonds is 1. The van der Waals surface area contributed by atoms with Crippen LogP contribution < -0.4 is 0 Å². The summed E-state index contributed by atoms with van der Waals surface area (Å²) < 4.78 is 12.9. The van der Waals surface area contributed by atoms with Crippen LogP contribution in [0, 0.1) is 11.7 Å². The molecule has 1 nitrogen and oxygen atoms in total. The van der Waals surface area contributed by atoms with Gasteiger partial charge in [0, 0.05) is 0 Å². The quantitative estimate of drug-likeness (QED) is 0.724. The molecule has 1 saturated carbocycles. The highest BCUT2D eigenvalue weighted by atomic mass is 19.1. The Kier molecular flexibility index (Phi) is 1.55. The van der Waals surface area contributed by atoms with Crippen LogP contribution in [0.25, 0.3) is 0 Å². The highest BCUT2D eigenvalue weighted by Crippen LogP contribution is 2.52. The summed E-state index contributed by atoms with van der Waals surface area (Å²) in [4.78, 5) is 0. The van der Waals surface area contributed by atoms with Crippen LogP contribution in [0.2, 0.25) is 0 Å². The lowest BCUT2D eigenvalue weighted by atomic mass is 9.91. The molecule has 1 aromatic carbocycles. The minimum atomic E-state index is -0.636. The first-order chi connectivity index (χ1) is 6.70. The van der Waals surface area contributed by atoms with Crippen molar-refractivity contribution >= 4 is 0 Å². The number of fused-ring (bicyclic) bond motifs is 1. The van der Waals surface area contributed by atoms with E-state index in [1.165, 1.54) is 6.07 Å². The third-order valence-corrected chi connectivity index (χ3v) is 3.56. The van der Waals surface area contributed by atoms with Gasteiger partial charge in [0.25, 0.3) is 0 Å². The van der Waals surface area contributed by atoms with Gasteiger partial charge in [-0.15, -0.1) is 0 Å². The molecule has 14 heavy (non-hydrogen) atoms. The summed E-state index contributed by atoms with van der Waals surface area (Å²) >= 11 is 0. The van der Waals surface area contributed by atoms with Crippen LogP contribution in [0.1, 0.15) is 30.4 Å². The molecule has 1 aromatic rings. The molecule has 1 unspecified atom stereocenters. The van der Waals surface area contributed by atoms with Crippen molar-refractivity contribution in [3.63, 3.8) is 0 Å². The van der Waals surface area contributed by atoms with Gasteiger partial charge < -0.3 is 5.11 Å². The average Bonchev–Trinajstić information content (AvgIpc) is 2.94. The van der Waals surface area contributed by atoms with E-state index in [0.29, 0.717) is 5.92 Å². The van der Waals surface area contributed by atoms with Crippen molar-refractivity contribution in [1.82, 2.24) is 0 Å². The van der Waals surface area contributed by atoms with Crippen LogP contribution in [0.3, 0.4) is 0 Å². The van der Waals surface area contributed by atoms with Gasteiger partial charge in [0.05, 0.1) is 5.60 Å². The molecule has 0 saturated heterocycles. The maximum Gasteiger partial charge on any atom is 0.123 e. The van der Waals surface area contributed by atoms with Gasteiger partial charge >= 0.3 is 0 Å². The van der Waals surface area contributed by atoms with Crippen molar-refractivity contribution < 1.29 is 9.50 Å². The summed E-state index contributed by atoms with van der Waals surface area (Å²) in [7, 11) is 0. The first kappa shape index (κ1) is 8.42. The predicted octanol–water partition coefficient (Wildman–Crippen LogP) is 2.37. The molecule has 0 radical (unpaired) electrons. The van der Waals surface area contributed by atoms with Crippen molar-refractivity contribution in [2.45, 2.75) is 31.3 Å². The molecular weight excluding hydrogens is 179 g/mol. The molecule has 0 aromatic heterocycles. The highest BCUT2D eigenvalue weighted by molar-refractivity contribution is 5.39. The summed E-state index contributed by atoms with van der Waals surface area (Å²) in [6.07, 6.45) is 3.83.